The molecular formula is C8H14N4O3S2. The fraction of sp³-hybridized carbons (Fsp3) is 0.625. The van der Waals surface area contributed by atoms with Gasteiger partial charge in [0.2, 0.25) is 19.3 Å². The van der Waals surface area contributed by atoms with E-state index in [0.29, 0.717) is 6.54 Å². The SMILES string of the molecule is CCN(C(=O)NC)c1nnc(S(=O)(=O)CC)s1. The normalized spacial score (nSPS) is 11.2. The Bertz CT molecular complexity index is 497. The van der Waals surface area contributed by atoms with Crippen LogP contribution in [0.2, 0.25) is 0 Å². The number of rotatable bonds is 4. The highest BCUT2D eigenvalue weighted by atomic mass is 32.2. The van der Waals surface area contributed by atoms with Crippen LogP contribution in [0.1, 0.15) is 13.8 Å². The Morgan fingerprint density at radius 1 is 1.41 bits per heavy atom. The molecule has 1 aromatic rings. The zero-order chi connectivity index (χ0) is 13.1. The van der Waals surface area contributed by atoms with Gasteiger partial charge in [0.15, 0.2) is 0 Å². The molecule has 0 atom stereocenters. The molecule has 0 aliphatic heterocycles. The molecule has 1 aromatic heterocycles. The average molecular weight is 278 g/mol. The lowest BCUT2D eigenvalue weighted by Crippen LogP contribution is -2.37. The molecule has 0 aromatic carbocycles. The first-order valence-corrected chi connectivity index (χ1v) is 7.48. The van der Waals surface area contributed by atoms with Crippen molar-refractivity contribution in [1.29, 1.82) is 0 Å². The predicted molar refractivity (Wildman–Crippen MR) is 65.1 cm³/mol. The number of hydrogen-bond acceptors (Lipinski definition) is 6. The van der Waals surface area contributed by atoms with E-state index in [4.69, 9.17) is 0 Å². The molecule has 96 valence electrons. The number of urea groups is 1. The van der Waals surface area contributed by atoms with Gasteiger partial charge in [-0.25, -0.2) is 13.2 Å². The largest absolute Gasteiger partial charge is 0.341 e. The Kier molecular flexibility index (Phi) is 4.40. The van der Waals surface area contributed by atoms with Crippen LogP contribution < -0.4 is 10.2 Å². The summed E-state index contributed by atoms with van der Waals surface area (Å²) in [5.41, 5.74) is 0. The van der Waals surface area contributed by atoms with Crippen LogP contribution in [0.3, 0.4) is 0 Å². The average Bonchev–Trinajstić information content (AvgIpc) is 2.79. The van der Waals surface area contributed by atoms with Crippen LogP contribution >= 0.6 is 11.3 Å². The molecule has 2 amide bonds. The second-order valence-electron chi connectivity index (χ2n) is 3.05. The van der Waals surface area contributed by atoms with Gasteiger partial charge in [-0.15, -0.1) is 10.2 Å². The van der Waals surface area contributed by atoms with Crippen molar-refractivity contribution in [1.82, 2.24) is 15.5 Å². The molecule has 17 heavy (non-hydrogen) atoms. The van der Waals surface area contributed by atoms with Gasteiger partial charge in [0.05, 0.1) is 5.75 Å². The third kappa shape index (κ3) is 2.91. The van der Waals surface area contributed by atoms with E-state index >= 15 is 0 Å². The van der Waals surface area contributed by atoms with E-state index in [-0.39, 0.29) is 21.3 Å². The summed E-state index contributed by atoms with van der Waals surface area (Å²) < 4.78 is 23.0. The van der Waals surface area contributed by atoms with Crippen molar-refractivity contribution in [2.24, 2.45) is 0 Å². The Balaban J connectivity index is 3.06. The fourth-order valence-corrected chi connectivity index (χ4v) is 3.20. The predicted octanol–water partition coefficient (Wildman–Crippen LogP) is 0.497. The molecule has 0 aliphatic rings. The molecule has 0 saturated carbocycles. The maximum Gasteiger partial charge on any atom is 0.323 e. The van der Waals surface area contributed by atoms with E-state index in [1.165, 1.54) is 18.9 Å². The molecule has 0 unspecified atom stereocenters. The Hall–Kier alpha value is -1.22. The highest BCUT2D eigenvalue weighted by molar-refractivity contribution is 7.93. The van der Waals surface area contributed by atoms with E-state index in [2.05, 4.69) is 15.5 Å². The van der Waals surface area contributed by atoms with Gasteiger partial charge in [0, 0.05) is 13.6 Å². The Labute approximate surface area is 104 Å². The zero-order valence-electron chi connectivity index (χ0n) is 9.80. The first-order valence-electron chi connectivity index (χ1n) is 5.01. The van der Waals surface area contributed by atoms with Crippen LogP contribution in [-0.4, -0.2) is 44.0 Å². The third-order valence-corrected chi connectivity index (χ3v) is 5.17. The number of hydrogen-bond donors (Lipinski definition) is 1. The molecule has 1 heterocycles. The lowest BCUT2D eigenvalue weighted by Gasteiger charge is -2.15. The maximum absolute atomic E-state index is 11.6. The van der Waals surface area contributed by atoms with Crippen molar-refractivity contribution in [3.63, 3.8) is 0 Å². The number of carbonyl (C=O) groups excluding carboxylic acids is 1. The van der Waals surface area contributed by atoms with E-state index in [1.807, 2.05) is 0 Å². The van der Waals surface area contributed by atoms with E-state index in [0.717, 1.165) is 11.3 Å². The van der Waals surface area contributed by atoms with Crippen molar-refractivity contribution in [2.75, 3.05) is 24.2 Å². The summed E-state index contributed by atoms with van der Waals surface area (Å²) in [4.78, 5) is 12.8. The minimum atomic E-state index is -3.36. The van der Waals surface area contributed by atoms with Crippen molar-refractivity contribution < 1.29 is 13.2 Å². The summed E-state index contributed by atoms with van der Waals surface area (Å²) in [5, 5.41) is 10.1. The highest BCUT2D eigenvalue weighted by Crippen LogP contribution is 2.24. The Morgan fingerprint density at radius 3 is 2.53 bits per heavy atom. The molecule has 0 fully saturated rings. The maximum atomic E-state index is 11.6. The molecule has 1 rings (SSSR count). The van der Waals surface area contributed by atoms with Gasteiger partial charge >= 0.3 is 6.03 Å². The lowest BCUT2D eigenvalue weighted by atomic mass is 10.6. The van der Waals surface area contributed by atoms with Crippen LogP contribution in [-0.2, 0) is 9.84 Å². The van der Waals surface area contributed by atoms with Crippen molar-refractivity contribution >= 4 is 32.3 Å². The van der Waals surface area contributed by atoms with Gasteiger partial charge in [0.25, 0.3) is 0 Å². The molecule has 0 aliphatic carbocycles. The molecule has 9 heteroatoms. The van der Waals surface area contributed by atoms with Crippen molar-refractivity contribution in [3.8, 4) is 0 Å². The molecule has 0 saturated heterocycles. The fourth-order valence-electron chi connectivity index (χ4n) is 1.06. The molecule has 0 spiro atoms. The molecule has 7 nitrogen and oxygen atoms in total. The van der Waals surface area contributed by atoms with Gasteiger partial charge in [-0.05, 0) is 6.92 Å². The minimum Gasteiger partial charge on any atom is -0.341 e. The van der Waals surface area contributed by atoms with Gasteiger partial charge in [-0.2, -0.15) is 0 Å². The lowest BCUT2D eigenvalue weighted by molar-refractivity contribution is 0.248. The van der Waals surface area contributed by atoms with Crippen LogP contribution in [0, 0.1) is 0 Å². The van der Waals surface area contributed by atoms with Gasteiger partial charge in [0.1, 0.15) is 0 Å². The first-order chi connectivity index (χ1) is 7.96. The topological polar surface area (TPSA) is 92.3 Å². The number of anilines is 1. The van der Waals surface area contributed by atoms with Crippen molar-refractivity contribution in [3.05, 3.63) is 0 Å². The van der Waals surface area contributed by atoms with Crippen LogP contribution in [0.5, 0.6) is 0 Å². The van der Waals surface area contributed by atoms with E-state index in [1.54, 1.807) is 6.92 Å². The minimum absolute atomic E-state index is 0.0340. The van der Waals surface area contributed by atoms with Gasteiger partial charge in [-0.1, -0.05) is 18.3 Å². The summed E-state index contributed by atoms with van der Waals surface area (Å²) in [6.07, 6.45) is 0. The van der Waals surface area contributed by atoms with E-state index < -0.39 is 9.84 Å². The molecule has 0 bridgehead atoms. The number of amides is 2. The van der Waals surface area contributed by atoms with Crippen LogP contribution in [0.25, 0.3) is 0 Å². The third-order valence-electron chi connectivity index (χ3n) is 2.05. The highest BCUT2D eigenvalue weighted by Gasteiger charge is 2.22. The molecular weight excluding hydrogens is 264 g/mol. The number of nitrogens with one attached hydrogen (secondary N) is 1. The summed E-state index contributed by atoms with van der Waals surface area (Å²) in [6, 6.07) is -0.343. The second-order valence-corrected chi connectivity index (χ2v) is 6.46. The standard InChI is InChI=1S/C8H14N4O3S2/c1-4-12(6(13)9-3)7-10-11-8(16-7)17(14,15)5-2/h4-5H2,1-3H3,(H,9,13). The summed E-state index contributed by atoms with van der Waals surface area (Å²) in [5.74, 6) is -0.0340. The number of carbonyl (C=O) groups is 1. The summed E-state index contributed by atoms with van der Waals surface area (Å²) >= 11 is 0.896. The van der Waals surface area contributed by atoms with Crippen LogP contribution in [0.15, 0.2) is 4.34 Å². The summed E-state index contributed by atoms with van der Waals surface area (Å²) in [6.45, 7) is 3.69. The summed E-state index contributed by atoms with van der Waals surface area (Å²) in [7, 11) is -1.87. The quantitative estimate of drug-likeness (QED) is 0.809. The second kappa shape index (κ2) is 5.41. The number of aromatic nitrogens is 2. The Morgan fingerprint density at radius 2 is 2.06 bits per heavy atom. The molecule has 0 radical (unpaired) electrons. The van der Waals surface area contributed by atoms with Crippen LogP contribution in [0.4, 0.5) is 9.93 Å². The zero-order valence-corrected chi connectivity index (χ0v) is 11.4. The van der Waals surface area contributed by atoms with Crippen molar-refractivity contribution in [2.45, 2.75) is 18.2 Å². The monoisotopic (exact) mass is 278 g/mol. The van der Waals surface area contributed by atoms with Gasteiger partial charge in [-0.3, -0.25) is 4.90 Å². The first kappa shape index (κ1) is 13.8. The van der Waals surface area contributed by atoms with E-state index in [9.17, 15) is 13.2 Å². The van der Waals surface area contributed by atoms with Gasteiger partial charge < -0.3 is 5.32 Å². The molecule has 1 N–H and O–H groups in total. The number of nitrogens with zero attached hydrogens (tertiary/aromatic N) is 3. The number of sulfone groups is 1. The smallest absolute Gasteiger partial charge is 0.323 e.